The second kappa shape index (κ2) is 7.39. The van der Waals surface area contributed by atoms with Crippen LogP contribution in [0.25, 0.3) is 10.9 Å². The number of carbonyl (C=O) groups excluding carboxylic acids is 1. The van der Waals surface area contributed by atoms with Gasteiger partial charge >= 0.3 is 0 Å². The Morgan fingerprint density at radius 3 is 2.93 bits per heavy atom. The van der Waals surface area contributed by atoms with Gasteiger partial charge < -0.3 is 18.9 Å². The van der Waals surface area contributed by atoms with E-state index < -0.39 is 0 Å². The number of nitrogens with zero attached hydrogens (tertiary/aromatic N) is 2. The molecule has 1 amide bonds. The number of aromatic nitrogens is 1. The highest BCUT2D eigenvalue weighted by molar-refractivity contribution is 8.01. The quantitative estimate of drug-likeness (QED) is 0.790. The summed E-state index contributed by atoms with van der Waals surface area (Å²) in [5.41, 5.74) is 1.95. The summed E-state index contributed by atoms with van der Waals surface area (Å²) in [7, 11) is 2.03. The molecule has 150 valence electrons. The molecular weight excluding hydrogens is 372 g/mol. The normalized spacial score (nSPS) is 24.8. The van der Waals surface area contributed by atoms with Gasteiger partial charge in [-0.25, -0.2) is 0 Å². The van der Waals surface area contributed by atoms with E-state index in [1.54, 1.807) is 0 Å². The van der Waals surface area contributed by atoms with Gasteiger partial charge in [-0.2, -0.15) is 0 Å². The lowest BCUT2D eigenvalue weighted by Gasteiger charge is -2.47. The Morgan fingerprint density at radius 1 is 1.29 bits per heavy atom. The van der Waals surface area contributed by atoms with E-state index in [0.29, 0.717) is 12.0 Å². The van der Waals surface area contributed by atoms with Crippen LogP contribution in [0.4, 0.5) is 0 Å². The maximum atomic E-state index is 12.9. The van der Waals surface area contributed by atoms with Gasteiger partial charge in [0.1, 0.15) is 0 Å². The van der Waals surface area contributed by atoms with Gasteiger partial charge in [-0.05, 0) is 49.4 Å². The molecule has 1 aromatic carbocycles. The van der Waals surface area contributed by atoms with Crippen molar-refractivity contribution in [2.75, 3.05) is 38.7 Å². The monoisotopic (exact) mass is 400 g/mol. The molecule has 3 aliphatic rings. The molecule has 1 atom stereocenters. The van der Waals surface area contributed by atoms with E-state index in [-0.39, 0.29) is 10.7 Å². The number of amides is 1. The molecule has 1 spiro atoms. The van der Waals surface area contributed by atoms with Crippen LogP contribution in [0.15, 0.2) is 30.5 Å². The number of aryl methyl sites for hydroxylation is 1. The summed E-state index contributed by atoms with van der Waals surface area (Å²) in [5, 5.41) is 1.13. The number of carbonyl (C=O) groups is 1. The number of benzene rings is 1. The maximum absolute atomic E-state index is 12.9. The van der Waals surface area contributed by atoms with Crippen molar-refractivity contribution in [2.24, 2.45) is 13.0 Å². The Labute approximate surface area is 170 Å². The van der Waals surface area contributed by atoms with Crippen molar-refractivity contribution >= 4 is 28.6 Å². The number of hydrogen-bond donors (Lipinski definition) is 0. The topological polar surface area (TPSA) is 43.7 Å². The number of thioether (sulfide) groups is 1. The Hall–Kier alpha value is -1.50. The highest BCUT2D eigenvalue weighted by atomic mass is 32.2. The lowest BCUT2D eigenvalue weighted by atomic mass is 9.92. The molecule has 0 N–H and O–H groups in total. The molecule has 0 bridgehead atoms. The van der Waals surface area contributed by atoms with Crippen LogP contribution in [0.1, 0.15) is 29.6 Å². The van der Waals surface area contributed by atoms with Crippen LogP contribution in [0.2, 0.25) is 0 Å². The van der Waals surface area contributed by atoms with Gasteiger partial charge in [0.15, 0.2) is 0 Å². The molecule has 6 heteroatoms. The highest BCUT2D eigenvalue weighted by Gasteiger charge is 2.51. The second-order valence-electron chi connectivity index (χ2n) is 8.57. The molecule has 1 aromatic heterocycles. The highest BCUT2D eigenvalue weighted by Crippen LogP contribution is 2.46. The summed E-state index contributed by atoms with van der Waals surface area (Å²) >= 11 is 2.00. The Morgan fingerprint density at radius 2 is 2.11 bits per heavy atom. The third-order valence-electron chi connectivity index (χ3n) is 6.46. The molecule has 5 nitrogen and oxygen atoms in total. The summed E-state index contributed by atoms with van der Waals surface area (Å²) < 4.78 is 13.9. The Kier molecular flexibility index (Phi) is 4.89. The standard InChI is InChI=1S/C22H28N2O3S/c1-23-7-4-17-10-18(2-3-20(17)23)21(25)24-14-22(15-24)11-19(13-28-22)27-12-16-5-8-26-9-6-16/h2-4,7,10,16,19H,5-6,8-9,11-15H2,1H3/t19-/m1/s1. The summed E-state index contributed by atoms with van der Waals surface area (Å²) in [6.07, 6.45) is 5.69. The molecule has 3 saturated heterocycles. The van der Waals surface area contributed by atoms with Gasteiger partial charge in [0.25, 0.3) is 5.91 Å². The fraction of sp³-hybridized carbons (Fsp3) is 0.591. The zero-order valence-electron chi connectivity index (χ0n) is 16.4. The summed E-state index contributed by atoms with van der Waals surface area (Å²) in [6, 6.07) is 8.08. The van der Waals surface area contributed by atoms with Crippen molar-refractivity contribution in [1.82, 2.24) is 9.47 Å². The molecule has 3 aliphatic heterocycles. The van der Waals surface area contributed by atoms with E-state index in [0.717, 1.165) is 74.4 Å². The van der Waals surface area contributed by atoms with Gasteiger partial charge in [0.2, 0.25) is 0 Å². The molecule has 3 fully saturated rings. The Balaban J connectivity index is 1.14. The minimum Gasteiger partial charge on any atom is -0.381 e. The summed E-state index contributed by atoms with van der Waals surface area (Å²) in [5.74, 6) is 1.87. The van der Waals surface area contributed by atoms with Crippen molar-refractivity contribution in [3.8, 4) is 0 Å². The number of hydrogen-bond acceptors (Lipinski definition) is 4. The molecule has 0 unspecified atom stereocenters. The van der Waals surface area contributed by atoms with E-state index >= 15 is 0 Å². The molecule has 0 radical (unpaired) electrons. The zero-order valence-corrected chi connectivity index (χ0v) is 17.2. The number of ether oxygens (including phenoxy) is 2. The van der Waals surface area contributed by atoms with Crippen molar-refractivity contribution in [3.63, 3.8) is 0 Å². The van der Waals surface area contributed by atoms with Gasteiger partial charge in [-0.15, -0.1) is 11.8 Å². The minimum absolute atomic E-state index is 0.156. The van der Waals surface area contributed by atoms with Crippen molar-refractivity contribution in [3.05, 3.63) is 36.0 Å². The molecule has 2 aromatic rings. The van der Waals surface area contributed by atoms with Crippen LogP contribution in [0, 0.1) is 5.92 Å². The third-order valence-corrected chi connectivity index (χ3v) is 8.04. The number of fused-ring (bicyclic) bond motifs is 1. The van der Waals surface area contributed by atoms with Crippen LogP contribution < -0.4 is 0 Å². The molecule has 0 saturated carbocycles. The largest absolute Gasteiger partial charge is 0.381 e. The minimum atomic E-state index is 0.156. The lowest BCUT2D eigenvalue weighted by molar-refractivity contribution is -0.0118. The van der Waals surface area contributed by atoms with E-state index in [1.807, 2.05) is 48.1 Å². The van der Waals surface area contributed by atoms with Crippen LogP contribution in [0.5, 0.6) is 0 Å². The van der Waals surface area contributed by atoms with Crippen molar-refractivity contribution in [1.29, 1.82) is 0 Å². The predicted molar refractivity (Wildman–Crippen MR) is 112 cm³/mol. The second-order valence-corrected chi connectivity index (χ2v) is 10.1. The molecule has 0 aliphatic carbocycles. The Bertz CT molecular complexity index is 868. The first-order valence-corrected chi connectivity index (χ1v) is 11.3. The van der Waals surface area contributed by atoms with E-state index in [9.17, 15) is 4.79 Å². The zero-order chi connectivity index (χ0) is 19.1. The van der Waals surface area contributed by atoms with Crippen LogP contribution in [0.3, 0.4) is 0 Å². The van der Waals surface area contributed by atoms with E-state index in [4.69, 9.17) is 9.47 Å². The van der Waals surface area contributed by atoms with Gasteiger partial charge in [-0.1, -0.05) is 0 Å². The molecule has 5 rings (SSSR count). The summed E-state index contributed by atoms with van der Waals surface area (Å²) in [4.78, 5) is 14.9. The molecular formula is C22H28N2O3S. The van der Waals surface area contributed by atoms with Crippen LogP contribution in [-0.2, 0) is 16.5 Å². The summed E-state index contributed by atoms with van der Waals surface area (Å²) in [6.45, 7) is 4.32. The first kappa shape index (κ1) is 18.5. The van der Waals surface area contributed by atoms with Crippen molar-refractivity contribution in [2.45, 2.75) is 30.1 Å². The molecule has 4 heterocycles. The van der Waals surface area contributed by atoms with Crippen LogP contribution >= 0.6 is 11.8 Å². The van der Waals surface area contributed by atoms with Crippen LogP contribution in [-0.4, -0.2) is 64.9 Å². The van der Waals surface area contributed by atoms with E-state index in [1.165, 1.54) is 0 Å². The fourth-order valence-electron chi connectivity index (χ4n) is 4.71. The first-order valence-electron chi connectivity index (χ1n) is 10.3. The fourth-order valence-corrected chi connectivity index (χ4v) is 6.26. The predicted octanol–water partition coefficient (Wildman–Crippen LogP) is 3.32. The third kappa shape index (κ3) is 3.46. The first-order chi connectivity index (χ1) is 13.6. The number of rotatable bonds is 4. The van der Waals surface area contributed by atoms with Crippen molar-refractivity contribution < 1.29 is 14.3 Å². The average molecular weight is 401 g/mol. The van der Waals surface area contributed by atoms with E-state index in [2.05, 4.69) is 10.6 Å². The number of likely N-dealkylation sites (tertiary alicyclic amines) is 1. The van der Waals surface area contributed by atoms with Gasteiger partial charge in [0.05, 0.1) is 10.9 Å². The van der Waals surface area contributed by atoms with Gasteiger partial charge in [-0.3, -0.25) is 4.79 Å². The SMILES string of the molecule is Cn1ccc2cc(C(=O)N3CC4(C[C@@H](OCC5CCOCC5)CS4)C3)ccc21. The smallest absolute Gasteiger partial charge is 0.253 e. The molecule has 28 heavy (non-hydrogen) atoms. The van der Waals surface area contributed by atoms with Gasteiger partial charge in [0, 0.05) is 68.4 Å². The average Bonchev–Trinajstić information content (AvgIpc) is 3.29. The maximum Gasteiger partial charge on any atom is 0.253 e. The lowest BCUT2D eigenvalue weighted by Crippen LogP contribution is -2.60.